The van der Waals surface area contributed by atoms with Crippen molar-refractivity contribution in [3.63, 3.8) is 0 Å². The van der Waals surface area contributed by atoms with E-state index in [0.29, 0.717) is 5.56 Å². The number of benzene rings is 1. The van der Waals surface area contributed by atoms with Crippen molar-refractivity contribution in [3.8, 4) is 5.75 Å². The first-order valence-corrected chi connectivity index (χ1v) is 6.38. The Morgan fingerprint density at radius 1 is 1.28 bits per heavy atom. The molecule has 1 saturated heterocycles. The molecule has 0 radical (unpaired) electrons. The monoisotopic (exact) mass is 251 g/mol. The van der Waals surface area contributed by atoms with Gasteiger partial charge in [0.1, 0.15) is 5.75 Å². The fourth-order valence-corrected chi connectivity index (χ4v) is 2.47. The summed E-state index contributed by atoms with van der Waals surface area (Å²) in [6, 6.07) is 5.43. The highest BCUT2D eigenvalue weighted by atomic mass is 16.5. The minimum absolute atomic E-state index is 0.147. The largest absolute Gasteiger partial charge is 0.507 e. The first-order chi connectivity index (χ1) is 8.47. The number of aliphatic hydroxyl groups excluding tert-OH is 1. The van der Waals surface area contributed by atoms with E-state index in [1.807, 2.05) is 19.9 Å². The highest BCUT2D eigenvalue weighted by molar-refractivity contribution is 5.54. The number of hydrogen-bond acceptors (Lipinski definition) is 4. The smallest absolute Gasteiger partial charge is 0.123 e. The summed E-state index contributed by atoms with van der Waals surface area (Å²) in [6.45, 7) is 7.38. The lowest BCUT2D eigenvalue weighted by Gasteiger charge is -2.37. The molecule has 1 fully saturated rings. The molecule has 4 nitrogen and oxygen atoms in total. The van der Waals surface area contributed by atoms with Gasteiger partial charge in [-0.15, -0.1) is 0 Å². The lowest BCUT2D eigenvalue weighted by atomic mass is 10.1. The number of rotatable bonds is 2. The fraction of sp³-hybridized carbons (Fsp3) is 0.571. The number of nitrogens with zero attached hydrogens (tertiary/aromatic N) is 1. The molecule has 1 aromatic rings. The van der Waals surface area contributed by atoms with Gasteiger partial charge < -0.3 is 19.8 Å². The van der Waals surface area contributed by atoms with Crippen LogP contribution in [0.15, 0.2) is 18.2 Å². The number of aromatic hydroxyl groups is 1. The summed E-state index contributed by atoms with van der Waals surface area (Å²) in [7, 11) is 0. The molecule has 2 rings (SSSR count). The predicted molar refractivity (Wildman–Crippen MR) is 71.0 cm³/mol. The summed E-state index contributed by atoms with van der Waals surface area (Å²) < 4.78 is 5.69. The van der Waals surface area contributed by atoms with Crippen LogP contribution in [0.25, 0.3) is 0 Å². The average Bonchev–Trinajstić information content (AvgIpc) is 2.26. The molecule has 0 spiro atoms. The normalized spacial score (nSPS) is 26.1. The van der Waals surface area contributed by atoms with Gasteiger partial charge in [-0.05, 0) is 26.8 Å². The van der Waals surface area contributed by atoms with Crippen LogP contribution in [0.2, 0.25) is 0 Å². The zero-order chi connectivity index (χ0) is 13.3. The second kappa shape index (κ2) is 5.16. The molecule has 1 unspecified atom stereocenters. The molecular weight excluding hydrogens is 230 g/mol. The van der Waals surface area contributed by atoms with Crippen LogP contribution in [-0.4, -0.2) is 35.5 Å². The molecule has 0 aromatic heterocycles. The van der Waals surface area contributed by atoms with Gasteiger partial charge in [-0.1, -0.05) is 6.07 Å². The SMILES string of the molecule is CC(O)c1ccc(N2C[C@@H](C)O[C@@H](C)C2)cc1O. The van der Waals surface area contributed by atoms with Gasteiger partial charge in [0.2, 0.25) is 0 Å². The fourth-order valence-electron chi connectivity index (χ4n) is 2.47. The highest BCUT2D eigenvalue weighted by Crippen LogP contribution is 2.30. The summed E-state index contributed by atoms with van der Waals surface area (Å²) in [5.74, 6) is 0.147. The quantitative estimate of drug-likeness (QED) is 0.844. The topological polar surface area (TPSA) is 52.9 Å². The van der Waals surface area contributed by atoms with E-state index < -0.39 is 6.10 Å². The Balaban J connectivity index is 2.21. The van der Waals surface area contributed by atoms with Crippen LogP contribution in [0.1, 0.15) is 32.4 Å². The maximum absolute atomic E-state index is 9.91. The van der Waals surface area contributed by atoms with Crippen LogP contribution in [0.4, 0.5) is 5.69 Å². The van der Waals surface area contributed by atoms with Crippen LogP contribution >= 0.6 is 0 Å². The van der Waals surface area contributed by atoms with Gasteiger partial charge in [0, 0.05) is 30.4 Å². The summed E-state index contributed by atoms with van der Waals surface area (Å²) in [6.07, 6.45) is -0.277. The molecule has 100 valence electrons. The van der Waals surface area contributed by atoms with E-state index in [4.69, 9.17) is 4.74 Å². The summed E-state index contributed by atoms with van der Waals surface area (Å²) >= 11 is 0. The molecule has 0 bridgehead atoms. The number of anilines is 1. The molecule has 0 aliphatic carbocycles. The van der Waals surface area contributed by atoms with Gasteiger partial charge in [0.25, 0.3) is 0 Å². The predicted octanol–water partition coefficient (Wildman–Crippen LogP) is 2.06. The van der Waals surface area contributed by atoms with Gasteiger partial charge in [0.15, 0.2) is 0 Å². The Morgan fingerprint density at radius 3 is 2.39 bits per heavy atom. The molecule has 0 saturated carbocycles. The molecule has 1 aliphatic rings. The van der Waals surface area contributed by atoms with Crippen molar-refractivity contribution >= 4 is 5.69 Å². The Bertz CT molecular complexity index is 410. The minimum Gasteiger partial charge on any atom is -0.507 e. The van der Waals surface area contributed by atoms with E-state index in [1.54, 1.807) is 19.1 Å². The molecule has 18 heavy (non-hydrogen) atoms. The number of aliphatic hydroxyl groups is 1. The lowest BCUT2D eigenvalue weighted by Crippen LogP contribution is -2.45. The van der Waals surface area contributed by atoms with Crippen molar-refractivity contribution in [1.82, 2.24) is 0 Å². The van der Waals surface area contributed by atoms with E-state index >= 15 is 0 Å². The highest BCUT2D eigenvalue weighted by Gasteiger charge is 2.23. The van der Waals surface area contributed by atoms with Crippen molar-refractivity contribution in [2.75, 3.05) is 18.0 Å². The number of morpholine rings is 1. The van der Waals surface area contributed by atoms with Crippen molar-refractivity contribution in [2.24, 2.45) is 0 Å². The van der Waals surface area contributed by atoms with Crippen molar-refractivity contribution in [3.05, 3.63) is 23.8 Å². The zero-order valence-electron chi connectivity index (χ0n) is 11.1. The molecule has 2 N–H and O–H groups in total. The number of phenolic OH excluding ortho intramolecular Hbond substituents is 1. The molecule has 0 amide bonds. The van der Waals surface area contributed by atoms with Gasteiger partial charge in [0.05, 0.1) is 18.3 Å². The summed E-state index contributed by atoms with van der Waals surface area (Å²) in [5.41, 5.74) is 1.53. The minimum atomic E-state index is -0.651. The lowest BCUT2D eigenvalue weighted by molar-refractivity contribution is -0.00523. The second-order valence-corrected chi connectivity index (χ2v) is 5.08. The van der Waals surface area contributed by atoms with E-state index in [2.05, 4.69) is 4.90 Å². The Hall–Kier alpha value is -1.26. The third-order valence-electron chi connectivity index (χ3n) is 3.25. The van der Waals surface area contributed by atoms with Crippen molar-refractivity contribution < 1.29 is 14.9 Å². The van der Waals surface area contributed by atoms with E-state index in [1.165, 1.54) is 0 Å². The van der Waals surface area contributed by atoms with Crippen LogP contribution in [0.5, 0.6) is 5.75 Å². The number of phenols is 1. The Morgan fingerprint density at radius 2 is 1.89 bits per heavy atom. The van der Waals surface area contributed by atoms with Crippen LogP contribution in [-0.2, 0) is 4.74 Å². The third-order valence-corrected chi connectivity index (χ3v) is 3.25. The van der Waals surface area contributed by atoms with Gasteiger partial charge in [-0.2, -0.15) is 0 Å². The second-order valence-electron chi connectivity index (χ2n) is 5.08. The molecule has 3 atom stereocenters. The zero-order valence-corrected chi connectivity index (χ0v) is 11.1. The maximum Gasteiger partial charge on any atom is 0.123 e. The van der Waals surface area contributed by atoms with Gasteiger partial charge in [-0.25, -0.2) is 0 Å². The Kier molecular flexibility index (Phi) is 3.78. The number of ether oxygens (including phenoxy) is 1. The molecule has 1 aromatic carbocycles. The first kappa shape index (κ1) is 13.2. The maximum atomic E-state index is 9.91. The van der Waals surface area contributed by atoms with E-state index in [9.17, 15) is 10.2 Å². The van der Waals surface area contributed by atoms with Gasteiger partial charge in [-0.3, -0.25) is 0 Å². The van der Waals surface area contributed by atoms with Crippen LogP contribution in [0.3, 0.4) is 0 Å². The number of hydrogen-bond donors (Lipinski definition) is 2. The van der Waals surface area contributed by atoms with Gasteiger partial charge >= 0.3 is 0 Å². The average molecular weight is 251 g/mol. The third kappa shape index (κ3) is 2.76. The molecule has 1 aliphatic heterocycles. The summed E-state index contributed by atoms with van der Waals surface area (Å²) in [4.78, 5) is 2.20. The standard InChI is InChI=1S/C14H21NO3/c1-9-7-15(8-10(2)18-9)12-4-5-13(11(3)16)14(17)6-12/h4-6,9-11,16-17H,7-8H2,1-3H3/t9-,10+,11?. The Labute approximate surface area is 108 Å². The molecule has 4 heteroatoms. The first-order valence-electron chi connectivity index (χ1n) is 6.38. The van der Waals surface area contributed by atoms with Crippen LogP contribution < -0.4 is 4.90 Å². The van der Waals surface area contributed by atoms with Crippen LogP contribution in [0, 0.1) is 0 Å². The van der Waals surface area contributed by atoms with E-state index in [0.717, 1.165) is 18.8 Å². The molecular formula is C14H21NO3. The molecule has 1 heterocycles. The summed E-state index contributed by atoms with van der Waals surface area (Å²) in [5, 5.41) is 19.4. The van der Waals surface area contributed by atoms with Crippen molar-refractivity contribution in [2.45, 2.75) is 39.1 Å². The van der Waals surface area contributed by atoms with Crippen molar-refractivity contribution in [1.29, 1.82) is 0 Å². The van der Waals surface area contributed by atoms with E-state index in [-0.39, 0.29) is 18.0 Å².